The van der Waals surface area contributed by atoms with Crippen LogP contribution in [0.4, 0.5) is 0 Å². The number of ether oxygens (including phenoxy) is 1. The van der Waals surface area contributed by atoms with E-state index >= 15 is 0 Å². The molecule has 1 fully saturated rings. The molecule has 0 saturated carbocycles. The Morgan fingerprint density at radius 3 is 2.76 bits per heavy atom. The van der Waals surface area contributed by atoms with E-state index in [0.29, 0.717) is 19.4 Å². The van der Waals surface area contributed by atoms with E-state index in [1.807, 2.05) is 31.2 Å². The molecule has 0 N–H and O–H groups in total. The fourth-order valence-corrected chi connectivity index (χ4v) is 2.33. The third kappa shape index (κ3) is 2.09. The van der Waals surface area contributed by atoms with Crippen molar-refractivity contribution in [2.75, 3.05) is 6.61 Å². The Balaban J connectivity index is 2.31. The minimum Gasteiger partial charge on any atom is -0.465 e. The number of carbonyl (C=O) groups excluding carboxylic acids is 2. The van der Waals surface area contributed by atoms with Crippen LogP contribution in [0.25, 0.3) is 0 Å². The predicted molar refractivity (Wildman–Crippen MR) is 63.6 cm³/mol. The molecule has 1 saturated heterocycles. The molecule has 90 valence electrons. The van der Waals surface area contributed by atoms with Crippen LogP contribution >= 0.6 is 0 Å². The minimum atomic E-state index is -0.951. The molecule has 0 radical (unpaired) electrons. The van der Waals surface area contributed by atoms with Crippen molar-refractivity contribution in [3.05, 3.63) is 35.4 Å². The van der Waals surface area contributed by atoms with Gasteiger partial charge >= 0.3 is 5.97 Å². The van der Waals surface area contributed by atoms with Gasteiger partial charge in [0.2, 0.25) is 0 Å². The van der Waals surface area contributed by atoms with E-state index in [4.69, 9.17) is 4.74 Å². The first-order valence-corrected chi connectivity index (χ1v) is 5.78. The zero-order valence-corrected chi connectivity index (χ0v) is 10.2. The van der Waals surface area contributed by atoms with Crippen LogP contribution in [0.3, 0.4) is 0 Å². The van der Waals surface area contributed by atoms with E-state index in [9.17, 15) is 9.59 Å². The van der Waals surface area contributed by atoms with Gasteiger partial charge in [-0.05, 0) is 25.8 Å². The van der Waals surface area contributed by atoms with E-state index in [0.717, 1.165) is 11.1 Å². The Bertz CT molecular complexity index is 464. The highest BCUT2D eigenvalue weighted by atomic mass is 16.5. The van der Waals surface area contributed by atoms with Crippen LogP contribution in [0.5, 0.6) is 0 Å². The smallest absolute Gasteiger partial charge is 0.320 e. The Kier molecular flexibility index (Phi) is 3.01. The summed E-state index contributed by atoms with van der Waals surface area (Å²) in [5, 5.41) is 0. The summed E-state index contributed by atoms with van der Waals surface area (Å²) in [6.07, 6.45) is 0.942. The standard InChI is InChI=1S/C14H16O3/c1-10-4-3-5-12(8-10)9-14(11(2)15)6-7-17-13(14)16/h3-5,8H,6-7,9H2,1-2H3. The number of hydrogen-bond donors (Lipinski definition) is 0. The van der Waals surface area contributed by atoms with Gasteiger partial charge in [0.1, 0.15) is 11.2 Å². The molecular formula is C14H16O3. The molecule has 2 rings (SSSR count). The van der Waals surface area contributed by atoms with Crippen LogP contribution < -0.4 is 0 Å². The predicted octanol–water partition coefficient (Wildman–Crippen LogP) is 2.06. The van der Waals surface area contributed by atoms with Gasteiger partial charge in [-0.3, -0.25) is 9.59 Å². The molecule has 3 heteroatoms. The van der Waals surface area contributed by atoms with Crippen LogP contribution in [0.1, 0.15) is 24.5 Å². The van der Waals surface area contributed by atoms with Crippen molar-refractivity contribution >= 4 is 11.8 Å². The van der Waals surface area contributed by atoms with Crippen LogP contribution in [-0.4, -0.2) is 18.4 Å². The van der Waals surface area contributed by atoms with Crippen molar-refractivity contribution in [2.45, 2.75) is 26.7 Å². The molecule has 3 nitrogen and oxygen atoms in total. The molecule has 1 atom stereocenters. The molecule has 1 aliphatic rings. The van der Waals surface area contributed by atoms with Gasteiger partial charge in [-0.15, -0.1) is 0 Å². The van der Waals surface area contributed by atoms with Crippen molar-refractivity contribution < 1.29 is 14.3 Å². The second-order valence-electron chi connectivity index (χ2n) is 4.69. The van der Waals surface area contributed by atoms with Crippen LogP contribution in [0.2, 0.25) is 0 Å². The number of cyclic esters (lactones) is 1. The van der Waals surface area contributed by atoms with E-state index in [1.54, 1.807) is 0 Å². The monoisotopic (exact) mass is 232 g/mol. The van der Waals surface area contributed by atoms with Gasteiger partial charge in [-0.25, -0.2) is 0 Å². The summed E-state index contributed by atoms with van der Waals surface area (Å²) in [5.74, 6) is -0.465. The first kappa shape index (κ1) is 11.8. The molecule has 0 spiro atoms. The number of esters is 1. The summed E-state index contributed by atoms with van der Waals surface area (Å²) in [6, 6.07) is 7.90. The SMILES string of the molecule is CC(=O)C1(Cc2cccc(C)c2)CCOC1=O. The van der Waals surface area contributed by atoms with Crippen molar-refractivity contribution in [2.24, 2.45) is 5.41 Å². The lowest BCUT2D eigenvalue weighted by molar-refractivity contribution is -0.150. The number of aryl methyl sites for hydroxylation is 1. The maximum absolute atomic E-state index is 11.8. The second-order valence-corrected chi connectivity index (χ2v) is 4.69. The largest absolute Gasteiger partial charge is 0.465 e. The molecule has 17 heavy (non-hydrogen) atoms. The fraction of sp³-hybridized carbons (Fsp3) is 0.429. The van der Waals surface area contributed by atoms with Gasteiger partial charge in [0.25, 0.3) is 0 Å². The van der Waals surface area contributed by atoms with E-state index in [2.05, 4.69) is 0 Å². The second kappa shape index (κ2) is 4.32. The summed E-state index contributed by atoms with van der Waals surface area (Å²) >= 11 is 0. The number of rotatable bonds is 3. The molecule has 0 amide bonds. The first-order valence-electron chi connectivity index (χ1n) is 5.78. The first-order chi connectivity index (χ1) is 8.04. The summed E-state index contributed by atoms with van der Waals surface area (Å²) in [5.41, 5.74) is 1.19. The molecular weight excluding hydrogens is 216 g/mol. The molecule has 1 aromatic carbocycles. The Morgan fingerprint density at radius 1 is 1.47 bits per heavy atom. The van der Waals surface area contributed by atoms with Gasteiger partial charge in [0, 0.05) is 6.42 Å². The van der Waals surface area contributed by atoms with E-state index < -0.39 is 5.41 Å². The summed E-state index contributed by atoms with van der Waals surface area (Å²) in [7, 11) is 0. The van der Waals surface area contributed by atoms with Gasteiger partial charge in [-0.2, -0.15) is 0 Å². The quantitative estimate of drug-likeness (QED) is 0.592. The zero-order valence-electron chi connectivity index (χ0n) is 10.2. The number of Topliss-reactive ketones (excluding diaryl/α,β-unsaturated/α-hetero) is 1. The third-order valence-corrected chi connectivity index (χ3v) is 3.42. The maximum atomic E-state index is 11.8. The molecule has 0 bridgehead atoms. The van der Waals surface area contributed by atoms with E-state index in [-0.39, 0.29) is 11.8 Å². The Hall–Kier alpha value is -1.64. The maximum Gasteiger partial charge on any atom is 0.320 e. The molecule has 1 heterocycles. The number of carbonyl (C=O) groups is 2. The minimum absolute atomic E-state index is 0.0958. The molecule has 0 aromatic heterocycles. The van der Waals surface area contributed by atoms with Crippen LogP contribution in [0, 0.1) is 12.3 Å². The number of hydrogen-bond acceptors (Lipinski definition) is 3. The topological polar surface area (TPSA) is 43.4 Å². The lowest BCUT2D eigenvalue weighted by Crippen LogP contribution is -2.36. The van der Waals surface area contributed by atoms with Crippen molar-refractivity contribution in [1.29, 1.82) is 0 Å². The molecule has 1 unspecified atom stereocenters. The molecule has 0 aliphatic carbocycles. The Morgan fingerprint density at radius 2 is 2.24 bits per heavy atom. The van der Waals surface area contributed by atoms with Gasteiger partial charge in [0.05, 0.1) is 6.61 Å². The highest BCUT2D eigenvalue weighted by Gasteiger charge is 2.48. The third-order valence-electron chi connectivity index (χ3n) is 3.42. The zero-order chi connectivity index (χ0) is 12.5. The van der Waals surface area contributed by atoms with Gasteiger partial charge in [-0.1, -0.05) is 29.8 Å². The normalized spacial score (nSPS) is 23.5. The van der Waals surface area contributed by atoms with Crippen molar-refractivity contribution in [3.63, 3.8) is 0 Å². The Labute approximate surface area is 101 Å². The highest BCUT2D eigenvalue weighted by Crippen LogP contribution is 2.35. The molecule has 1 aromatic rings. The summed E-state index contributed by atoms with van der Waals surface area (Å²) < 4.78 is 4.97. The fourth-order valence-electron chi connectivity index (χ4n) is 2.33. The van der Waals surface area contributed by atoms with Gasteiger partial charge < -0.3 is 4.74 Å². The number of ketones is 1. The van der Waals surface area contributed by atoms with Crippen LogP contribution in [0.15, 0.2) is 24.3 Å². The average Bonchev–Trinajstić information content (AvgIpc) is 2.61. The van der Waals surface area contributed by atoms with E-state index in [1.165, 1.54) is 6.92 Å². The van der Waals surface area contributed by atoms with Crippen molar-refractivity contribution in [3.8, 4) is 0 Å². The summed E-state index contributed by atoms with van der Waals surface area (Å²) in [4.78, 5) is 23.6. The lowest BCUT2D eigenvalue weighted by atomic mass is 9.77. The van der Waals surface area contributed by atoms with Crippen LogP contribution in [-0.2, 0) is 20.7 Å². The average molecular weight is 232 g/mol. The van der Waals surface area contributed by atoms with Crippen molar-refractivity contribution in [1.82, 2.24) is 0 Å². The lowest BCUT2D eigenvalue weighted by Gasteiger charge is -2.21. The highest BCUT2D eigenvalue weighted by molar-refractivity contribution is 6.04. The molecule has 1 aliphatic heterocycles. The summed E-state index contributed by atoms with van der Waals surface area (Å²) in [6.45, 7) is 3.82. The number of benzene rings is 1. The van der Waals surface area contributed by atoms with Gasteiger partial charge in [0.15, 0.2) is 0 Å².